The highest BCUT2D eigenvalue weighted by atomic mass is 16.4. The Morgan fingerprint density at radius 2 is 1.36 bits per heavy atom. The fraction of sp³-hybridized carbons (Fsp3) is 0.405. The SMILES string of the molecule is CCC=CCC=CCC=CCC=CCC=CCC=CCCC(=O)NCCCC(NC(=O)CC=Cc1ccc(C)nc1)C(=O)O. The number of carbonyl (C=O) groups excluding carboxylic acids is 2. The molecule has 7 heteroatoms. The molecule has 0 spiro atoms. The fourth-order valence-electron chi connectivity index (χ4n) is 3.87. The van der Waals surface area contributed by atoms with Crippen LogP contribution >= 0.6 is 0 Å². The Hall–Kier alpha value is -4.26. The number of carbonyl (C=O) groups is 3. The van der Waals surface area contributed by atoms with Crippen molar-refractivity contribution in [2.45, 2.75) is 90.5 Å². The molecule has 1 heterocycles. The maximum absolute atomic E-state index is 12.2. The van der Waals surface area contributed by atoms with Crippen LogP contribution in [-0.4, -0.2) is 40.5 Å². The number of nitrogens with one attached hydrogen (secondary N) is 2. The van der Waals surface area contributed by atoms with Crippen molar-refractivity contribution in [1.82, 2.24) is 15.6 Å². The summed E-state index contributed by atoms with van der Waals surface area (Å²) in [6, 6.07) is 2.78. The molecule has 0 bridgehead atoms. The summed E-state index contributed by atoms with van der Waals surface area (Å²) in [6.07, 6.45) is 38.5. The Bertz CT molecular complexity index is 1160. The number of amides is 2. The number of aryl methyl sites for hydroxylation is 1. The van der Waals surface area contributed by atoms with Crippen LogP contribution in [0.4, 0.5) is 0 Å². The molecule has 238 valence electrons. The highest BCUT2D eigenvalue weighted by molar-refractivity contribution is 5.84. The van der Waals surface area contributed by atoms with Gasteiger partial charge in [-0.05, 0) is 76.3 Å². The molecule has 1 unspecified atom stereocenters. The van der Waals surface area contributed by atoms with Gasteiger partial charge in [-0.2, -0.15) is 0 Å². The lowest BCUT2D eigenvalue weighted by atomic mass is 10.1. The van der Waals surface area contributed by atoms with E-state index in [1.807, 2.05) is 25.1 Å². The van der Waals surface area contributed by atoms with Gasteiger partial charge in [0, 0.05) is 31.3 Å². The maximum atomic E-state index is 12.2. The quantitative estimate of drug-likeness (QED) is 0.0878. The van der Waals surface area contributed by atoms with Crippen molar-refractivity contribution < 1.29 is 19.5 Å². The molecule has 1 rings (SSSR count). The van der Waals surface area contributed by atoms with Gasteiger partial charge in [0.15, 0.2) is 0 Å². The first-order chi connectivity index (χ1) is 21.4. The summed E-state index contributed by atoms with van der Waals surface area (Å²) in [7, 11) is 0. The molecule has 2 amide bonds. The van der Waals surface area contributed by atoms with Crippen LogP contribution in [0.3, 0.4) is 0 Å². The van der Waals surface area contributed by atoms with Gasteiger partial charge in [0.2, 0.25) is 11.8 Å². The largest absolute Gasteiger partial charge is 0.480 e. The number of aromatic nitrogens is 1. The molecule has 0 aliphatic rings. The van der Waals surface area contributed by atoms with Gasteiger partial charge in [-0.3, -0.25) is 14.6 Å². The van der Waals surface area contributed by atoms with Gasteiger partial charge in [-0.25, -0.2) is 4.79 Å². The van der Waals surface area contributed by atoms with Crippen LogP contribution in [0.1, 0.15) is 88.8 Å². The van der Waals surface area contributed by atoms with Crippen LogP contribution in [0.25, 0.3) is 6.08 Å². The Balaban J connectivity index is 2.09. The van der Waals surface area contributed by atoms with Gasteiger partial charge < -0.3 is 15.7 Å². The molecule has 1 atom stereocenters. The van der Waals surface area contributed by atoms with E-state index in [2.05, 4.69) is 89.4 Å². The van der Waals surface area contributed by atoms with E-state index >= 15 is 0 Å². The van der Waals surface area contributed by atoms with Gasteiger partial charge in [-0.1, -0.05) is 98.1 Å². The molecule has 0 aliphatic carbocycles. The van der Waals surface area contributed by atoms with E-state index in [1.54, 1.807) is 18.3 Å². The van der Waals surface area contributed by atoms with Crippen molar-refractivity contribution in [2.75, 3.05) is 6.54 Å². The van der Waals surface area contributed by atoms with Crippen molar-refractivity contribution >= 4 is 23.9 Å². The van der Waals surface area contributed by atoms with Crippen LogP contribution < -0.4 is 10.6 Å². The molecule has 0 aliphatic heterocycles. The number of hydrogen-bond donors (Lipinski definition) is 3. The Kier molecular flexibility index (Phi) is 22.6. The Morgan fingerprint density at radius 3 is 1.89 bits per heavy atom. The normalized spacial score (nSPS) is 13.0. The minimum absolute atomic E-state index is 0.0724. The van der Waals surface area contributed by atoms with E-state index in [4.69, 9.17) is 0 Å². The topological polar surface area (TPSA) is 108 Å². The van der Waals surface area contributed by atoms with Crippen LogP contribution in [0, 0.1) is 6.92 Å². The molecular weight excluding hydrogens is 550 g/mol. The number of aliphatic carboxylic acids is 1. The standard InChI is InChI=1S/C37H51N3O4/c1-3-4-5-6-7-8-9-10-11-12-13-14-15-16-17-18-19-20-21-26-35(41)38-30-23-25-34(37(43)44)40-36(42)27-22-24-33-29-28-32(2)39-31-33/h4-5,7-8,10-11,13-14,16-17,19-20,22,24,28-29,31,34H,3,6,9,12,15,18,21,23,25-27,30H2,1-2H3,(H,38,41)(H,40,42)(H,43,44). The fourth-order valence-corrected chi connectivity index (χ4v) is 3.87. The molecule has 0 aromatic carbocycles. The molecule has 44 heavy (non-hydrogen) atoms. The van der Waals surface area contributed by atoms with Crippen LogP contribution in [0.15, 0.2) is 97.3 Å². The van der Waals surface area contributed by atoms with E-state index in [0.717, 1.165) is 49.8 Å². The summed E-state index contributed by atoms with van der Waals surface area (Å²) in [5.41, 5.74) is 1.78. The van der Waals surface area contributed by atoms with Gasteiger partial charge >= 0.3 is 5.97 Å². The summed E-state index contributed by atoms with van der Waals surface area (Å²) >= 11 is 0. The number of allylic oxidation sites excluding steroid dienone is 12. The second-order valence-electron chi connectivity index (χ2n) is 10.2. The van der Waals surface area contributed by atoms with E-state index in [9.17, 15) is 19.5 Å². The van der Waals surface area contributed by atoms with Crippen molar-refractivity contribution in [1.29, 1.82) is 0 Å². The Labute approximate surface area is 264 Å². The van der Waals surface area contributed by atoms with Crippen molar-refractivity contribution in [2.24, 2.45) is 0 Å². The number of nitrogens with zero attached hydrogens (tertiary/aromatic N) is 1. The molecule has 7 nitrogen and oxygen atoms in total. The first-order valence-corrected chi connectivity index (χ1v) is 15.7. The number of carboxylic acids is 1. The van der Waals surface area contributed by atoms with E-state index in [-0.39, 0.29) is 24.7 Å². The third kappa shape index (κ3) is 22.4. The zero-order valence-electron chi connectivity index (χ0n) is 26.5. The molecule has 0 saturated heterocycles. The van der Waals surface area contributed by atoms with Crippen LogP contribution in [-0.2, 0) is 14.4 Å². The second-order valence-corrected chi connectivity index (χ2v) is 10.2. The first kappa shape index (κ1) is 37.8. The molecular formula is C37H51N3O4. The number of hydrogen-bond acceptors (Lipinski definition) is 4. The number of rotatable bonds is 23. The monoisotopic (exact) mass is 601 g/mol. The Morgan fingerprint density at radius 1 is 0.795 bits per heavy atom. The smallest absolute Gasteiger partial charge is 0.326 e. The van der Waals surface area contributed by atoms with Gasteiger partial charge in [0.05, 0.1) is 0 Å². The third-order valence-electron chi connectivity index (χ3n) is 6.31. The molecule has 1 aromatic rings. The van der Waals surface area contributed by atoms with E-state index < -0.39 is 12.0 Å². The lowest BCUT2D eigenvalue weighted by Gasteiger charge is -2.14. The van der Waals surface area contributed by atoms with Gasteiger partial charge in [0.25, 0.3) is 0 Å². The van der Waals surface area contributed by atoms with Crippen LogP contribution in [0.5, 0.6) is 0 Å². The molecule has 0 radical (unpaired) electrons. The van der Waals surface area contributed by atoms with Gasteiger partial charge in [-0.15, -0.1) is 0 Å². The molecule has 0 fully saturated rings. The predicted molar refractivity (Wildman–Crippen MR) is 182 cm³/mol. The summed E-state index contributed by atoms with van der Waals surface area (Å²) in [5, 5.41) is 14.8. The highest BCUT2D eigenvalue weighted by Gasteiger charge is 2.18. The minimum Gasteiger partial charge on any atom is -0.480 e. The zero-order chi connectivity index (χ0) is 32.1. The summed E-state index contributed by atoms with van der Waals surface area (Å²) in [6.45, 7) is 4.40. The highest BCUT2D eigenvalue weighted by Crippen LogP contribution is 2.04. The first-order valence-electron chi connectivity index (χ1n) is 15.7. The zero-order valence-corrected chi connectivity index (χ0v) is 26.5. The number of carboxylic acid groups (broad SMARTS) is 1. The predicted octanol–water partition coefficient (Wildman–Crippen LogP) is 7.74. The third-order valence-corrected chi connectivity index (χ3v) is 6.31. The average molecular weight is 602 g/mol. The molecule has 0 saturated carbocycles. The minimum atomic E-state index is -1.09. The average Bonchev–Trinajstić information content (AvgIpc) is 3.00. The van der Waals surface area contributed by atoms with Crippen molar-refractivity contribution in [3.63, 3.8) is 0 Å². The summed E-state index contributed by atoms with van der Waals surface area (Å²) < 4.78 is 0. The van der Waals surface area contributed by atoms with Crippen molar-refractivity contribution in [3.05, 3.63) is 109 Å². The summed E-state index contributed by atoms with van der Waals surface area (Å²) in [4.78, 5) is 39.9. The van der Waals surface area contributed by atoms with Gasteiger partial charge in [0.1, 0.15) is 6.04 Å². The molecule has 1 aromatic heterocycles. The number of pyridine rings is 1. The van der Waals surface area contributed by atoms with E-state index in [1.165, 1.54) is 0 Å². The lowest BCUT2D eigenvalue weighted by molar-refractivity contribution is -0.141. The van der Waals surface area contributed by atoms with E-state index in [0.29, 0.717) is 25.8 Å². The summed E-state index contributed by atoms with van der Waals surface area (Å²) in [5.74, 6) is -1.53. The van der Waals surface area contributed by atoms with Crippen LogP contribution in [0.2, 0.25) is 0 Å². The van der Waals surface area contributed by atoms with Crippen molar-refractivity contribution in [3.8, 4) is 0 Å². The second kappa shape index (κ2) is 26.4. The lowest BCUT2D eigenvalue weighted by Crippen LogP contribution is -2.41. The molecule has 3 N–H and O–H groups in total. The maximum Gasteiger partial charge on any atom is 0.326 e.